The molecule has 8 N–H and O–H groups in total. The van der Waals surface area contributed by atoms with Crippen molar-refractivity contribution < 1.29 is 79.2 Å². The summed E-state index contributed by atoms with van der Waals surface area (Å²) in [6.45, 7) is 26.3. The van der Waals surface area contributed by atoms with E-state index in [2.05, 4.69) is 0 Å². The van der Waals surface area contributed by atoms with Gasteiger partial charge in [-0.1, -0.05) is 111 Å². The summed E-state index contributed by atoms with van der Waals surface area (Å²) in [5.74, 6) is -7.78. The van der Waals surface area contributed by atoms with Gasteiger partial charge in [-0.25, -0.2) is 0 Å². The van der Waals surface area contributed by atoms with Gasteiger partial charge in [-0.05, 0) is 0 Å². The Labute approximate surface area is 285 Å². The van der Waals surface area contributed by atoms with Crippen molar-refractivity contribution in [2.45, 2.75) is 111 Å². The molecule has 0 aliphatic heterocycles. The Bertz CT molecular complexity index is 669. The van der Waals surface area contributed by atoms with Crippen LogP contribution >= 0.6 is 0 Å². The van der Waals surface area contributed by atoms with Gasteiger partial charge >= 0.3 is 47.8 Å². The Morgan fingerprint density at radius 1 is 0.208 bits per heavy atom. The van der Waals surface area contributed by atoms with Crippen molar-refractivity contribution in [3.63, 3.8) is 0 Å². The summed E-state index contributed by atoms with van der Waals surface area (Å²) in [5, 5.41) is 63.9. The van der Waals surface area contributed by atoms with Gasteiger partial charge in [-0.15, -0.1) is 0 Å². The smallest absolute Gasteiger partial charge is 0.305 e. The molecule has 0 aliphatic carbocycles. The van der Waals surface area contributed by atoms with Crippen LogP contribution in [0, 0.1) is 47.3 Å². The highest BCUT2D eigenvalue weighted by atomic mass is 16.4. The molecule has 0 aromatic rings. The van der Waals surface area contributed by atoms with Crippen LogP contribution in [0.3, 0.4) is 0 Å². The predicted octanol–water partition coefficient (Wildman–Crippen LogP) is 5.82. The van der Waals surface area contributed by atoms with Gasteiger partial charge in [-0.2, -0.15) is 0 Å². The van der Waals surface area contributed by atoms with E-state index < -0.39 is 47.8 Å². The van der Waals surface area contributed by atoms with Gasteiger partial charge in [0.1, 0.15) is 0 Å². The normalized spacial score (nSPS) is 9.17. The molecule has 0 saturated heterocycles. The maximum atomic E-state index is 9.70. The molecule has 0 fully saturated rings. The molecule has 0 aromatic carbocycles. The molecule has 0 rings (SSSR count). The van der Waals surface area contributed by atoms with Crippen molar-refractivity contribution >= 4 is 47.8 Å². The number of hydrogen-bond donors (Lipinski definition) is 8. The summed E-state index contributed by atoms with van der Waals surface area (Å²) in [6.07, 6.45) is 0. The minimum absolute atomic E-state index is 0.231. The molecule has 0 radical (unpaired) electrons. The van der Waals surface area contributed by atoms with Crippen LogP contribution in [0.5, 0.6) is 0 Å². The number of carboxylic acids is 8. The fourth-order valence-corrected chi connectivity index (χ4v) is 0. The van der Waals surface area contributed by atoms with Crippen molar-refractivity contribution in [3.05, 3.63) is 0 Å². The monoisotopic (exact) mass is 704 g/mol. The predicted molar refractivity (Wildman–Crippen MR) is 180 cm³/mol. The SMILES string of the molecule is CC(C)C(=O)O.CC(C)C(=O)O.CC(C)C(=O)O.CC(C)C(=O)O.CC(C)C(=O)O.CC(C)C(=O)O.CC(C)C(=O)O.CC(C)C(=O)O. The summed E-state index contributed by atoms with van der Waals surface area (Å²) >= 11 is 0. The van der Waals surface area contributed by atoms with E-state index in [1.165, 1.54) is 0 Å². The second kappa shape index (κ2) is 38.9. The van der Waals surface area contributed by atoms with Gasteiger partial charge in [0.05, 0.1) is 47.3 Å². The van der Waals surface area contributed by atoms with Crippen molar-refractivity contribution in [2.24, 2.45) is 47.3 Å². The number of aliphatic carboxylic acids is 8. The van der Waals surface area contributed by atoms with Crippen LogP contribution in [-0.4, -0.2) is 88.6 Å². The first-order chi connectivity index (χ1) is 21.1. The van der Waals surface area contributed by atoms with Crippen LogP contribution in [0.25, 0.3) is 0 Å². The Morgan fingerprint density at radius 3 is 0.229 bits per heavy atom. The van der Waals surface area contributed by atoms with E-state index in [1.807, 2.05) is 0 Å². The Kier molecular flexibility index (Phi) is 50.8. The van der Waals surface area contributed by atoms with Crippen molar-refractivity contribution in [1.29, 1.82) is 0 Å². The van der Waals surface area contributed by atoms with Crippen LogP contribution in [0.4, 0.5) is 0 Å². The maximum Gasteiger partial charge on any atom is 0.305 e. The molecule has 288 valence electrons. The van der Waals surface area contributed by atoms with E-state index >= 15 is 0 Å². The second-order valence-electron chi connectivity index (χ2n) is 11.9. The molecule has 0 aromatic heterocycles. The number of rotatable bonds is 8. The molecular formula is C32H64O16. The quantitative estimate of drug-likeness (QED) is 0.148. The zero-order chi connectivity index (χ0) is 41.2. The molecule has 16 heteroatoms. The lowest BCUT2D eigenvalue weighted by Crippen LogP contribution is -2.03. The fraction of sp³-hybridized carbons (Fsp3) is 0.750. The van der Waals surface area contributed by atoms with Crippen molar-refractivity contribution in [2.75, 3.05) is 0 Å². The first kappa shape index (κ1) is 62.6. The number of carbonyl (C=O) groups is 8. The summed E-state index contributed by atoms with van der Waals surface area (Å²) in [5.41, 5.74) is 0. The molecule has 0 bridgehead atoms. The highest BCUT2D eigenvalue weighted by Gasteiger charge is 2.02. The largest absolute Gasteiger partial charge is 0.481 e. The zero-order valence-corrected chi connectivity index (χ0v) is 31.5. The second-order valence-corrected chi connectivity index (χ2v) is 11.9. The lowest BCUT2D eigenvalue weighted by Gasteiger charge is -1.89. The minimum atomic E-state index is -0.741. The Morgan fingerprint density at radius 2 is 0.229 bits per heavy atom. The van der Waals surface area contributed by atoms with E-state index in [1.54, 1.807) is 111 Å². The van der Waals surface area contributed by atoms with Crippen molar-refractivity contribution in [1.82, 2.24) is 0 Å². The van der Waals surface area contributed by atoms with Gasteiger partial charge in [-0.3, -0.25) is 38.4 Å². The average Bonchev–Trinajstić information content (AvgIpc) is 2.90. The van der Waals surface area contributed by atoms with Crippen LogP contribution < -0.4 is 0 Å². The first-order valence-corrected chi connectivity index (χ1v) is 15.0. The standard InChI is InChI=1S/8C4H8O2/c8*1-3(2)4(5)6/h8*3H,1-2H3,(H,5,6). The van der Waals surface area contributed by atoms with E-state index in [4.69, 9.17) is 40.9 Å². The van der Waals surface area contributed by atoms with Crippen molar-refractivity contribution in [3.8, 4) is 0 Å². The topological polar surface area (TPSA) is 298 Å². The first-order valence-electron chi connectivity index (χ1n) is 15.0. The average molecular weight is 705 g/mol. The van der Waals surface area contributed by atoms with Gasteiger partial charge in [0.15, 0.2) is 0 Å². The summed E-state index contributed by atoms with van der Waals surface area (Å²) in [6, 6.07) is 0. The third-order valence-electron chi connectivity index (χ3n) is 3.95. The van der Waals surface area contributed by atoms with Gasteiger partial charge < -0.3 is 40.9 Å². The highest BCUT2D eigenvalue weighted by Crippen LogP contribution is 1.90. The maximum absolute atomic E-state index is 9.70. The summed E-state index contributed by atoms with van der Waals surface area (Å²) in [4.78, 5) is 77.6. The van der Waals surface area contributed by atoms with Crippen LogP contribution in [0.15, 0.2) is 0 Å². The number of hydrogen-bond acceptors (Lipinski definition) is 8. The van der Waals surface area contributed by atoms with E-state index in [-0.39, 0.29) is 47.3 Å². The molecule has 0 atom stereocenters. The Hall–Kier alpha value is -4.24. The van der Waals surface area contributed by atoms with Crippen LogP contribution in [-0.2, 0) is 38.4 Å². The lowest BCUT2D eigenvalue weighted by atomic mass is 10.2. The lowest BCUT2D eigenvalue weighted by molar-refractivity contribution is -0.141. The molecule has 0 aliphatic rings. The summed E-state index contributed by atoms with van der Waals surface area (Å²) in [7, 11) is 0. The third-order valence-corrected chi connectivity index (χ3v) is 3.95. The molecule has 0 amide bonds. The van der Waals surface area contributed by atoms with E-state index in [0.717, 1.165) is 0 Å². The minimum Gasteiger partial charge on any atom is -0.481 e. The molecule has 0 heterocycles. The van der Waals surface area contributed by atoms with Gasteiger partial charge in [0.2, 0.25) is 0 Å². The van der Waals surface area contributed by atoms with E-state index in [0.29, 0.717) is 0 Å². The fourth-order valence-electron chi connectivity index (χ4n) is 0. The van der Waals surface area contributed by atoms with E-state index in [9.17, 15) is 38.4 Å². The highest BCUT2D eigenvalue weighted by molar-refractivity contribution is 5.71. The van der Waals surface area contributed by atoms with Gasteiger partial charge in [0, 0.05) is 0 Å². The molecule has 16 nitrogen and oxygen atoms in total. The third kappa shape index (κ3) is 90.0. The number of carboxylic acid groups (broad SMARTS) is 8. The summed E-state index contributed by atoms with van der Waals surface area (Å²) < 4.78 is 0. The van der Waals surface area contributed by atoms with Crippen LogP contribution in [0.2, 0.25) is 0 Å². The van der Waals surface area contributed by atoms with Gasteiger partial charge in [0.25, 0.3) is 0 Å². The molecule has 0 unspecified atom stereocenters. The molecule has 0 spiro atoms. The zero-order valence-electron chi connectivity index (χ0n) is 31.5. The Balaban J connectivity index is -0.0000000635. The molecule has 48 heavy (non-hydrogen) atoms. The van der Waals surface area contributed by atoms with Crippen LogP contribution in [0.1, 0.15) is 111 Å². The molecular weight excluding hydrogens is 640 g/mol. The molecule has 0 saturated carbocycles.